The lowest BCUT2D eigenvalue weighted by molar-refractivity contribution is -0.359. The fraction of sp³-hybridized carbons (Fsp3) is 0.945. The Morgan fingerprint density at radius 2 is 0.899 bits per heavy atom. The highest BCUT2D eigenvalue weighted by atomic mass is 16.7. The number of aliphatic hydroxyl groups excluding tert-OH is 8. The van der Waals surface area contributed by atoms with Crippen LogP contribution in [0, 0.1) is 0 Å². The Kier molecular flexibility index (Phi) is 39.0. The van der Waals surface area contributed by atoms with Gasteiger partial charge >= 0.3 is 0 Å². The topological polar surface area (TPSA) is 228 Å². The molecule has 2 heterocycles. The van der Waals surface area contributed by atoms with E-state index in [1.54, 1.807) is 6.08 Å². The quantitative estimate of drug-likeness (QED) is 0.0206. The van der Waals surface area contributed by atoms with Crippen molar-refractivity contribution in [2.75, 3.05) is 19.8 Å². The Balaban J connectivity index is 1.63. The smallest absolute Gasteiger partial charge is 0.220 e. The van der Waals surface area contributed by atoms with E-state index in [-0.39, 0.29) is 18.9 Å². The molecule has 2 fully saturated rings. The lowest BCUT2D eigenvalue weighted by Crippen LogP contribution is -2.65. The molecule has 0 aromatic carbocycles. The average molecular weight is 988 g/mol. The molecule has 69 heavy (non-hydrogen) atoms. The van der Waals surface area contributed by atoms with Gasteiger partial charge in [-0.3, -0.25) is 4.79 Å². The molecular formula is C55H105NO13. The molecule has 12 atom stereocenters. The van der Waals surface area contributed by atoms with E-state index in [4.69, 9.17) is 18.9 Å². The Morgan fingerprint density at radius 1 is 0.507 bits per heavy atom. The van der Waals surface area contributed by atoms with Crippen molar-refractivity contribution in [1.29, 1.82) is 0 Å². The summed E-state index contributed by atoms with van der Waals surface area (Å²) in [4.78, 5) is 13.0. The molecule has 9 N–H and O–H groups in total. The predicted molar refractivity (Wildman–Crippen MR) is 272 cm³/mol. The van der Waals surface area contributed by atoms with Crippen LogP contribution in [0.4, 0.5) is 0 Å². The third kappa shape index (κ3) is 28.7. The number of aliphatic hydroxyl groups is 8. The van der Waals surface area contributed by atoms with Crippen LogP contribution >= 0.6 is 0 Å². The second kappa shape index (κ2) is 42.1. The maximum Gasteiger partial charge on any atom is 0.220 e. The van der Waals surface area contributed by atoms with Crippen LogP contribution in [0.2, 0.25) is 0 Å². The summed E-state index contributed by atoms with van der Waals surface area (Å²) in [5.74, 6) is -0.247. The maximum atomic E-state index is 13.0. The normalized spacial score (nSPS) is 26.2. The number of unbranched alkanes of at least 4 members (excludes halogenated alkanes) is 32. The van der Waals surface area contributed by atoms with Crippen LogP contribution < -0.4 is 5.32 Å². The third-order valence-electron chi connectivity index (χ3n) is 14.2. The van der Waals surface area contributed by atoms with Crippen LogP contribution in [0.25, 0.3) is 0 Å². The van der Waals surface area contributed by atoms with E-state index in [1.807, 2.05) is 6.08 Å². The van der Waals surface area contributed by atoms with Gasteiger partial charge in [0.25, 0.3) is 0 Å². The van der Waals surface area contributed by atoms with E-state index in [2.05, 4.69) is 19.2 Å². The van der Waals surface area contributed by atoms with Gasteiger partial charge in [-0.2, -0.15) is 0 Å². The summed E-state index contributed by atoms with van der Waals surface area (Å²) in [6, 6.07) is -0.906. The maximum absolute atomic E-state index is 13.0. The molecule has 1 amide bonds. The Morgan fingerprint density at radius 3 is 1.33 bits per heavy atom. The SMILES string of the molecule is CCCCCCCCCCCCCCCCCCCCCCCCCCCCC/C=C/C(O)C(COC1OC(CO)C(OC2OC(CO)C(O)C(O)C2O)C(O)C1O)NC(=O)CCCCCCCC. The summed E-state index contributed by atoms with van der Waals surface area (Å²) < 4.78 is 22.6. The van der Waals surface area contributed by atoms with Crippen molar-refractivity contribution in [2.24, 2.45) is 0 Å². The first-order valence-electron chi connectivity index (χ1n) is 28.4. The molecule has 0 aromatic rings. The van der Waals surface area contributed by atoms with Gasteiger partial charge in [-0.15, -0.1) is 0 Å². The lowest BCUT2D eigenvalue weighted by atomic mass is 9.97. The largest absolute Gasteiger partial charge is 0.394 e. The summed E-state index contributed by atoms with van der Waals surface area (Å²) in [5, 5.41) is 86.5. The Labute approximate surface area is 418 Å². The number of allylic oxidation sites excluding steroid dienone is 1. The van der Waals surface area contributed by atoms with E-state index >= 15 is 0 Å². The van der Waals surface area contributed by atoms with Gasteiger partial charge in [-0.1, -0.05) is 225 Å². The lowest BCUT2D eigenvalue weighted by Gasteiger charge is -2.46. The highest BCUT2D eigenvalue weighted by Crippen LogP contribution is 2.30. The molecule has 2 rings (SSSR count). The van der Waals surface area contributed by atoms with Crippen molar-refractivity contribution < 1.29 is 64.6 Å². The molecule has 12 unspecified atom stereocenters. The number of ether oxygens (including phenoxy) is 4. The van der Waals surface area contributed by atoms with E-state index in [9.17, 15) is 45.6 Å². The Hall–Kier alpha value is -1.27. The van der Waals surface area contributed by atoms with E-state index < -0.39 is 86.8 Å². The first kappa shape index (κ1) is 63.8. The van der Waals surface area contributed by atoms with Crippen molar-refractivity contribution in [3.63, 3.8) is 0 Å². The highest BCUT2D eigenvalue weighted by molar-refractivity contribution is 5.76. The molecular weight excluding hydrogens is 883 g/mol. The number of amides is 1. The van der Waals surface area contributed by atoms with E-state index in [1.165, 1.54) is 161 Å². The zero-order valence-corrected chi connectivity index (χ0v) is 43.6. The van der Waals surface area contributed by atoms with Gasteiger partial charge in [0.2, 0.25) is 5.91 Å². The van der Waals surface area contributed by atoms with Gasteiger partial charge in [0.1, 0.15) is 48.8 Å². The number of nitrogens with one attached hydrogen (secondary N) is 1. The molecule has 0 spiro atoms. The number of carbonyl (C=O) groups excluding carboxylic acids is 1. The van der Waals surface area contributed by atoms with Crippen LogP contribution in [0.1, 0.15) is 239 Å². The van der Waals surface area contributed by atoms with Gasteiger partial charge in [0.15, 0.2) is 12.6 Å². The van der Waals surface area contributed by atoms with Gasteiger partial charge in [0.05, 0.1) is 32.0 Å². The van der Waals surface area contributed by atoms with Crippen molar-refractivity contribution in [2.45, 2.75) is 312 Å². The van der Waals surface area contributed by atoms with Crippen LogP contribution in [0.3, 0.4) is 0 Å². The molecule has 14 heteroatoms. The zero-order valence-electron chi connectivity index (χ0n) is 43.6. The van der Waals surface area contributed by atoms with Crippen LogP contribution in [0.15, 0.2) is 12.2 Å². The van der Waals surface area contributed by atoms with Crippen molar-refractivity contribution in [1.82, 2.24) is 5.32 Å². The fourth-order valence-corrected chi connectivity index (χ4v) is 9.59. The van der Waals surface area contributed by atoms with Crippen LogP contribution in [-0.4, -0.2) is 140 Å². The molecule has 2 aliphatic rings. The number of rotatable bonds is 45. The summed E-state index contributed by atoms with van der Waals surface area (Å²) in [6.45, 7) is 2.73. The van der Waals surface area contributed by atoms with E-state index in [0.29, 0.717) is 6.42 Å². The second-order valence-electron chi connectivity index (χ2n) is 20.4. The zero-order chi connectivity index (χ0) is 50.3. The van der Waals surface area contributed by atoms with Gasteiger partial charge in [0, 0.05) is 6.42 Å². The predicted octanol–water partition coefficient (Wildman–Crippen LogP) is 8.72. The summed E-state index contributed by atoms with van der Waals surface area (Å²) in [5.41, 5.74) is 0. The number of carbonyl (C=O) groups is 1. The molecule has 0 aromatic heterocycles. The third-order valence-corrected chi connectivity index (χ3v) is 14.2. The summed E-state index contributed by atoms with van der Waals surface area (Å²) in [6.07, 6.45) is 30.4. The first-order valence-corrected chi connectivity index (χ1v) is 28.4. The molecule has 0 bridgehead atoms. The molecule has 2 aliphatic heterocycles. The molecule has 408 valence electrons. The standard InChI is InChI=1S/C55H105NO13/c1-3-5-7-9-11-12-13-14-15-16-17-18-19-20-21-22-23-24-25-26-27-28-29-30-31-32-33-34-36-38-44(59)43(56-47(60)39-37-35-10-8-6-4-2)42-66-54-52(65)50(63)53(46(41-58)68-54)69-55-51(64)49(62)48(61)45(40-57)67-55/h36,38,43-46,48-55,57-59,61-65H,3-35,37,39-42H2,1-2H3,(H,56,60)/b38-36+. The second-order valence-corrected chi connectivity index (χ2v) is 20.4. The number of hydrogen-bond donors (Lipinski definition) is 9. The van der Waals surface area contributed by atoms with Crippen molar-refractivity contribution in [3.05, 3.63) is 12.2 Å². The highest BCUT2D eigenvalue weighted by Gasteiger charge is 2.51. The van der Waals surface area contributed by atoms with Gasteiger partial charge in [-0.25, -0.2) is 0 Å². The summed E-state index contributed by atoms with van der Waals surface area (Å²) >= 11 is 0. The fourth-order valence-electron chi connectivity index (χ4n) is 9.59. The Bertz CT molecular complexity index is 1210. The minimum atomic E-state index is -1.78. The molecule has 0 aliphatic carbocycles. The molecule has 14 nitrogen and oxygen atoms in total. The first-order chi connectivity index (χ1) is 33.6. The minimum Gasteiger partial charge on any atom is -0.394 e. The average Bonchev–Trinajstić information content (AvgIpc) is 3.35. The molecule has 0 saturated carbocycles. The number of hydrogen-bond acceptors (Lipinski definition) is 13. The van der Waals surface area contributed by atoms with Gasteiger partial charge in [-0.05, 0) is 19.3 Å². The van der Waals surface area contributed by atoms with Gasteiger partial charge < -0.3 is 65.1 Å². The monoisotopic (exact) mass is 988 g/mol. The molecule has 2 saturated heterocycles. The van der Waals surface area contributed by atoms with Crippen molar-refractivity contribution >= 4 is 5.91 Å². The minimum absolute atomic E-state index is 0.247. The van der Waals surface area contributed by atoms with Crippen LogP contribution in [-0.2, 0) is 23.7 Å². The van der Waals surface area contributed by atoms with Crippen LogP contribution in [0.5, 0.6) is 0 Å². The molecule has 0 radical (unpaired) electrons. The summed E-state index contributed by atoms with van der Waals surface area (Å²) in [7, 11) is 0. The van der Waals surface area contributed by atoms with Crippen molar-refractivity contribution in [3.8, 4) is 0 Å². The van der Waals surface area contributed by atoms with E-state index in [0.717, 1.165) is 51.4 Å².